The first-order valence-corrected chi connectivity index (χ1v) is 11.4. The molecule has 1 fully saturated rings. The van der Waals surface area contributed by atoms with Gasteiger partial charge >= 0.3 is 0 Å². The molecular weight excluding hydrogens is 410 g/mol. The maximum Gasteiger partial charge on any atom is 0.224 e. The van der Waals surface area contributed by atoms with Crippen LogP contribution in [0.2, 0.25) is 0 Å². The molecule has 0 unspecified atom stereocenters. The maximum atomic E-state index is 12.7. The fourth-order valence-corrected chi connectivity index (χ4v) is 4.69. The number of nitrogens with zero attached hydrogens (tertiary/aromatic N) is 4. The van der Waals surface area contributed by atoms with Gasteiger partial charge in [-0.3, -0.25) is 9.59 Å². The van der Waals surface area contributed by atoms with Gasteiger partial charge in [0.15, 0.2) is 5.13 Å². The lowest BCUT2D eigenvalue weighted by atomic mass is 10.1. The molecule has 0 radical (unpaired) electrons. The van der Waals surface area contributed by atoms with Crippen LogP contribution in [0.25, 0.3) is 10.3 Å². The van der Waals surface area contributed by atoms with Crippen molar-refractivity contribution in [3.05, 3.63) is 47.7 Å². The number of rotatable bonds is 5. The van der Waals surface area contributed by atoms with Crippen molar-refractivity contribution in [2.24, 2.45) is 0 Å². The third kappa shape index (κ3) is 5.02. The topological polar surface area (TPSA) is 78.4 Å². The Bertz CT molecular complexity index is 1060. The first kappa shape index (κ1) is 21.2. The van der Waals surface area contributed by atoms with E-state index in [9.17, 15) is 9.59 Å². The fourth-order valence-electron chi connectivity index (χ4n) is 3.73. The molecular formula is C23H27N5O2S. The van der Waals surface area contributed by atoms with Crippen LogP contribution >= 0.6 is 11.3 Å². The molecule has 162 valence electrons. The van der Waals surface area contributed by atoms with Gasteiger partial charge in [0.2, 0.25) is 11.8 Å². The van der Waals surface area contributed by atoms with Gasteiger partial charge in [-0.15, -0.1) is 0 Å². The minimum Gasteiger partial charge on any atom is -0.346 e. The summed E-state index contributed by atoms with van der Waals surface area (Å²) in [5.41, 5.74) is 3.91. The summed E-state index contributed by atoms with van der Waals surface area (Å²) in [5.74, 6) is -0.0931. The van der Waals surface area contributed by atoms with E-state index in [0.717, 1.165) is 51.8 Å². The van der Waals surface area contributed by atoms with Crippen molar-refractivity contribution in [2.45, 2.75) is 33.1 Å². The van der Waals surface area contributed by atoms with Crippen LogP contribution in [0.5, 0.6) is 0 Å². The Morgan fingerprint density at radius 2 is 1.94 bits per heavy atom. The van der Waals surface area contributed by atoms with E-state index in [2.05, 4.69) is 20.2 Å². The number of aromatic nitrogens is 2. The molecule has 0 aliphatic carbocycles. The standard InChI is InChI=1S/C23H27N5O2S/c1-16-6-3-7-18(17(16)2)25-20(29)9-10-21(30)27-12-5-13-28(15-14-27)23-26-19-8-4-11-24-22(19)31-23/h3-4,6-8,11H,5,9-10,12-15H2,1-2H3,(H,25,29). The second-order valence-corrected chi connectivity index (χ2v) is 8.80. The molecule has 0 bridgehead atoms. The van der Waals surface area contributed by atoms with Crippen molar-refractivity contribution < 1.29 is 9.59 Å². The summed E-state index contributed by atoms with van der Waals surface area (Å²) in [7, 11) is 0. The van der Waals surface area contributed by atoms with Crippen molar-refractivity contribution in [3.63, 3.8) is 0 Å². The van der Waals surface area contributed by atoms with Crippen LogP contribution in [0.3, 0.4) is 0 Å². The summed E-state index contributed by atoms with van der Waals surface area (Å²) < 4.78 is 0. The van der Waals surface area contributed by atoms with Gasteiger partial charge in [0.1, 0.15) is 10.3 Å². The predicted octanol–water partition coefficient (Wildman–Crippen LogP) is 3.77. The summed E-state index contributed by atoms with van der Waals surface area (Å²) in [6, 6.07) is 9.70. The number of fused-ring (bicyclic) bond motifs is 1. The highest BCUT2D eigenvalue weighted by Gasteiger charge is 2.22. The van der Waals surface area contributed by atoms with Crippen molar-refractivity contribution in [1.82, 2.24) is 14.9 Å². The second-order valence-electron chi connectivity index (χ2n) is 7.84. The molecule has 2 amide bonds. The first-order chi connectivity index (χ1) is 15.0. The third-order valence-corrected chi connectivity index (χ3v) is 6.76. The third-order valence-electron chi connectivity index (χ3n) is 5.72. The number of anilines is 2. The van der Waals surface area contributed by atoms with Gasteiger partial charge in [0.25, 0.3) is 0 Å². The van der Waals surface area contributed by atoms with Gasteiger partial charge in [-0.2, -0.15) is 0 Å². The van der Waals surface area contributed by atoms with Crippen LogP contribution in [0.15, 0.2) is 36.5 Å². The maximum absolute atomic E-state index is 12.7. The van der Waals surface area contributed by atoms with E-state index in [-0.39, 0.29) is 24.7 Å². The Morgan fingerprint density at radius 1 is 1.06 bits per heavy atom. The molecule has 1 saturated heterocycles. The number of benzene rings is 1. The molecule has 2 aromatic heterocycles. The SMILES string of the molecule is Cc1cccc(NC(=O)CCC(=O)N2CCCN(c3nc4cccnc4s3)CC2)c1C. The van der Waals surface area contributed by atoms with Crippen molar-refractivity contribution >= 4 is 44.3 Å². The molecule has 1 N–H and O–H groups in total. The average Bonchev–Trinajstić information content (AvgIpc) is 3.04. The zero-order valence-electron chi connectivity index (χ0n) is 17.9. The molecule has 0 atom stereocenters. The van der Waals surface area contributed by atoms with E-state index >= 15 is 0 Å². The van der Waals surface area contributed by atoms with Crippen molar-refractivity contribution in [3.8, 4) is 0 Å². The number of carbonyl (C=O) groups excluding carboxylic acids is 2. The normalized spacial score (nSPS) is 14.5. The number of thiazole rings is 1. The molecule has 0 saturated carbocycles. The molecule has 1 aliphatic rings. The van der Waals surface area contributed by atoms with E-state index in [1.54, 1.807) is 17.5 Å². The summed E-state index contributed by atoms with van der Waals surface area (Å²) in [6.07, 6.45) is 3.07. The Hall–Kier alpha value is -3.00. The predicted molar refractivity (Wildman–Crippen MR) is 125 cm³/mol. The van der Waals surface area contributed by atoms with Crippen LogP contribution in [0.1, 0.15) is 30.4 Å². The molecule has 31 heavy (non-hydrogen) atoms. The quantitative estimate of drug-likeness (QED) is 0.657. The smallest absolute Gasteiger partial charge is 0.224 e. The van der Waals surface area contributed by atoms with Crippen LogP contribution in [0, 0.1) is 13.8 Å². The number of hydrogen-bond acceptors (Lipinski definition) is 6. The van der Waals surface area contributed by atoms with Crippen LogP contribution in [-0.4, -0.2) is 52.9 Å². The highest BCUT2D eigenvalue weighted by molar-refractivity contribution is 7.21. The molecule has 3 heterocycles. The summed E-state index contributed by atoms with van der Waals surface area (Å²) in [5, 5.41) is 3.89. The lowest BCUT2D eigenvalue weighted by molar-refractivity contribution is -0.132. The number of hydrogen-bond donors (Lipinski definition) is 1. The summed E-state index contributed by atoms with van der Waals surface area (Å²) in [4.78, 5) is 39.2. The minimum atomic E-state index is -0.125. The Balaban J connectivity index is 1.29. The van der Waals surface area contributed by atoms with Crippen LogP contribution < -0.4 is 10.2 Å². The van der Waals surface area contributed by atoms with Gasteiger partial charge in [0.05, 0.1) is 0 Å². The second kappa shape index (κ2) is 9.43. The lowest BCUT2D eigenvalue weighted by Crippen LogP contribution is -2.35. The summed E-state index contributed by atoms with van der Waals surface area (Å²) in [6.45, 7) is 6.94. The van der Waals surface area contributed by atoms with Crippen molar-refractivity contribution in [1.29, 1.82) is 0 Å². The molecule has 1 aromatic carbocycles. The first-order valence-electron chi connectivity index (χ1n) is 10.6. The highest BCUT2D eigenvalue weighted by Crippen LogP contribution is 2.27. The number of aryl methyl sites for hydroxylation is 1. The number of amides is 2. The van der Waals surface area contributed by atoms with E-state index in [1.807, 2.05) is 49.1 Å². The molecule has 8 heteroatoms. The van der Waals surface area contributed by atoms with Gasteiger partial charge in [-0.05, 0) is 49.6 Å². The number of nitrogens with one attached hydrogen (secondary N) is 1. The van der Waals surface area contributed by atoms with Crippen LogP contribution in [0.4, 0.5) is 10.8 Å². The monoisotopic (exact) mass is 437 g/mol. The number of carbonyl (C=O) groups is 2. The lowest BCUT2D eigenvalue weighted by Gasteiger charge is -2.21. The summed E-state index contributed by atoms with van der Waals surface area (Å²) >= 11 is 1.59. The van der Waals surface area contributed by atoms with E-state index in [0.29, 0.717) is 13.1 Å². The number of pyridine rings is 1. The van der Waals surface area contributed by atoms with Gasteiger partial charge in [-0.25, -0.2) is 9.97 Å². The Morgan fingerprint density at radius 3 is 2.77 bits per heavy atom. The molecule has 7 nitrogen and oxygen atoms in total. The van der Waals surface area contributed by atoms with Gasteiger partial charge in [0, 0.05) is 50.9 Å². The molecule has 1 aliphatic heterocycles. The zero-order valence-corrected chi connectivity index (χ0v) is 18.7. The molecule has 4 rings (SSSR count). The van der Waals surface area contributed by atoms with Gasteiger partial charge < -0.3 is 15.1 Å². The molecule has 3 aromatic rings. The van der Waals surface area contributed by atoms with E-state index in [4.69, 9.17) is 0 Å². The van der Waals surface area contributed by atoms with E-state index < -0.39 is 0 Å². The minimum absolute atomic E-state index is 0.0314. The molecule has 0 spiro atoms. The Labute approximate surface area is 186 Å². The zero-order chi connectivity index (χ0) is 21.8. The highest BCUT2D eigenvalue weighted by atomic mass is 32.1. The average molecular weight is 438 g/mol. The van der Waals surface area contributed by atoms with Crippen LogP contribution in [-0.2, 0) is 9.59 Å². The van der Waals surface area contributed by atoms with Crippen molar-refractivity contribution in [2.75, 3.05) is 36.4 Å². The fraction of sp³-hybridized carbons (Fsp3) is 0.391. The van der Waals surface area contributed by atoms with E-state index in [1.165, 1.54) is 0 Å². The van der Waals surface area contributed by atoms with Gasteiger partial charge in [-0.1, -0.05) is 23.5 Å². The largest absolute Gasteiger partial charge is 0.346 e. The Kier molecular flexibility index (Phi) is 6.46.